The van der Waals surface area contributed by atoms with Gasteiger partial charge in [0.25, 0.3) is 0 Å². The van der Waals surface area contributed by atoms with Crippen molar-refractivity contribution >= 4 is 15.9 Å². The molecule has 2 unspecified atom stereocenters. The summed E-state index contributed by atoms with van der Waals surface area (Å²) in [6.45, 7) is 5.30. The van der Waals surface area contributed by atoms with E-state index in [1.807, 2.05) is 0 Å². The molecule has 106 valence electrons. The van der Waals surface area contributed by atoms with E-state index in [1.165, 1.54) is 0 Å². The molecule has 1 amide bonds. The van der Waals surface area contributed by atoms with Gasteiger partial charge in [-0.15, -0.1) is 0 Å². The van der Waals surface area contributed by atoms with Gasteiger partial charge >= 0.3 is 6.09 Å². The first-order chi connectivity index (χ1) is 8.09. The van der Waals surface area contributed by atoms with E-state index in [0.29, 0.717) is 12.8 Å². The second-order valence-electron chi connectivity index (χ2n) is 5.65. The van der Waals surface area contributed by atoms with Crippen LogP contribution < -0.4 is 11.1 Å². The van der Waals surface area contributed by atoms with Gasteiger partial charge in [-0.05, 0) is 33.6 Å². The number of nitrogens with one attached hydrogen (secondary N) is 1. The number of nitrogens with two attached hydrogens (primary N) is 1. The van der Waals surface area contributed by atoms with Crippen molar-refractivity contribution in [2.75, 3.05) is 11.5 Å². The Morgan fingerprint density at radius 3 is 2.39 bits per heavy atom. The Hall–Kier alpha value is -0.820. The number of rotatable bonds is 1. The molecule has 3 N–H and O–H groups in total. The zero-order valence-electron chi connectivity index (χ0n) is 11.1. The maximum Gasteiger partial charge on any atom is 0.407 e. The fraction of sp³-hybridized carbons (Fsp3) is 0.909. The summed E-state index contributed by atoms with van der Waals surface area (Å²) in [7, 11) is -3.03. The number of carbonyl (C=O) groups excluding carboxylic acids is 1. The lowest BCUT2D eigenvalue weighted by Crippen LogP contribution is -2.48. The molecule has 7 heteroatoms. The van der Waals surface area contributed by atoms with E-state index in [1.54, 1.807) is 20.8 Å². The van der Waals surface area contributed by atoms with Gasteiger partial charge in [-0.25, -0.2) is 13.2 Å². The van der Waals surface area contributed by atoms with E-state index < -0.39 is 21.5 Å². The van der Waals surface area contributed by atoms with Gasteiger partial charge in [-0.2, -0.15) is 0 Å². The molecule has 0 aromatic carbocycles. The lowest BCUT2D eigenvalue weighted by molar-refractivity contribution is 0.0495. The Kier molecular flexibility index (Phi) is 4.61. The summed E-state index contributed by atoms with van der Waals surface area (Å²) >= 11 is 0. The highest BCUT2D eigenvalue weighted by Gasteiger charge is 2.29. The number of ether oxygens (including phenoxy) is 1. The van der Waals surface area contributed by atoms with E-state index in [2.05, 4.69) is 5.32 Å². The van der Waals surface area contributed by atoms with E-state index in [9.17, 15) is 13.2 Å². The van der Waals surface area contributed by atoms with Crippen LogP contribution in [0.5, 0.6) is 0 Å². The second kappa shape index (κ2) is 5.44. The Bertz CT molecular complexity index is 400. The quantitative estimate of drug-likeness (QED) is 0.724. The topological polar surface area (TPSA) is 98.5 Å². The van der Waals surface area contributed by atoms with Crippen LogP contribution in [0.25, 0.3) is 0 Å². The zero-order valence-corrected chi connectivity index (χ0v) is 11.9. The summed E-state index contributed by atoms with van der Waals surface area (Å²) in [5, 5.41) is 2.65. The fourth-order valence-electron chi connectivity index (χ4n) is 1.78. The molecule has 0 bridgehead atoms. The molecule has 1 saturated heterocycles. The monoisotopic (exact) mass is 278 g/mol. The first-order valence-corrected chi connectivity index (χ1v) is 7.87. The van der Waals surface area contributed by atoms with Crippen LogP contribution in [0.2, 0.25) is 0 Å². The molecule has 0 aromatic heterocycles. The molecular weight excluding hydrogens is 256 g/mol. The molecular formula is C11H22N2O4S. The van der Waals surface area contributed by atoms with Crippen LogP contribution >= 0.6 is 0 Å². The number of alkyl carbamates (subject to hydrolysis) is 1. The van der Waals surface area contributed by atoms with Crippen LogP contribution in [0.15, 0.2) is 0 Å². The highest BCUT2D eigenvalue weighted by atomic mass is 32.2. The van der Waals surface area contributed by atoms with Gasteiger partial charge in [-0.1, -0.05) is 0 Å². The Morgan fingerprint density at radius 1 is 1.28 bits per heavy atom. The van der Waals surface area contributed by atoms with E-state index in [0.717, 1.165) is 0 Å². The van der Waals surface area contributed by atoms with Crippen molar-refractivity contribution in [2.45, 2.75) is 51.3 Å². The van der Waals surface area contributed by atoms with Gasteiger partial charge < -0.3 is 15.8 Å². The number of sulfone groups is 1. The van der Waals surface area contributed by atoms with Crippen LogP contribution in [-0.4, -0.2) is 43.7 Å². The van der Waals surface area contributed by atoms with E-state index in [-0.39, 0.29) is 23.6 Å². The molecule has 1 heterocycles. The second-order valence-corrected chi connectivity index (χ2v) is 7.95. The maximum absolute atomic E-state index is 11.6. The molecule has 6 nitrogen and oxygen atoms in total. The summed E-state index contributed by atoms with van der Waals surface area (Å²) in [6, 6.07) is -0.702. The van der Waals surface area contributed by atoms with Gasteiger partial charge in [0.1, 0.15) is 15.4 Å². The molecule has 0 radical (unpaired) electrons. The molecule has 1 aliphatic heterocycles. The van der Waals surface area contributed by atoms with Gasteiger partial charge in [0.15, 0.2) is 0 Å². The SMILES string of the molecule is CC(C)(C)OC(=O)NC1CCS(=O)(=O)CCC1N. The fourth-order valence-corrected chi connectivity index (χ4v) is 3.23. The molecule has 0 saturated carbocycles. The molecule has 1 aliphatic rings. The minimum absolute atomic E-state index is 0.0567. The summed E-state index contributed by atoms with van der Waals surface area (Å²) in [6.07, 6.45) is 0.146. The van der Waals surface area contributed by atoms with Gasteiger partial charge in [0.2, 0.25) is 0 Å². The Labute approximate surface area is 108 Å². The van der Waals surface area contributed by atoms with Crippen molar-refractivity contribution in [1.29, 1.82) is 0 Å². The molecule has 0 aromatic rings. The summed E-state index contributed by atoms with van der Waals surface area (Å²) in [5.74, 6) is 0.141. The first-order valence-electron chi connectivity index (χ1n) is 6.04. The number of hydrogen-bond donors (Lipinski definition) is 2. The predicted octanol–water partition coefficient (Wildman–Crippen LogP) is 0.416. The van der Waals surface area contributed by atoms with Crippen molar-refractivity contribution < 1.29 is 17.9 Å². The molecule has 0 aliphatic carbocycles. The number of carbonyl (C=O) groups is 1. The zero-order chi connectivity index (χ0) is 14.0. The third-order valence-electron chi connectivity index (χ3n) is 2.72. The highest BCUT2D eigenvalue weighted by molar-refractivity contribution is 7.91. The molecule has 0 spiro atoms. The Balaban J connectivity index is 2.58. The van der Waals surface area contributed by atoms with Crippen LogP contribution in [-0.2, 0) is 14.6 Å². The van der Waals surface area contributed by atoms with Crippen LogP contribution in [0.1, 0.15) is 33.6 Å². The maximum atomic E-state index is 11.6. The van der Waals surface area contributed by atoms with Crippen LogP contribution in [0.3, 0.4) is 0 Å². The molecule has 2 atom stereocenters. The van der Waals surface area contributed by atoms with Crippen molar-refractivity contribution in [2.24, 2.45) is 5.73 Å². The van der Waals surface area contributed by atoms with Crippen molar-refractivity contribution in [3.8, 4) is 0 Å². The summed E-state index contributed by atoms with van der Waals surface area (Å²) in [5.41, 5.74) is 5.30. The largest absolute Gasteiger partial charge is 0.444 e. The standard InChI is InChI=1S/C11H22N2O4S/c1-11(2,3)17-10(14)13-9-5-7-18(15,16)6-4-8(9)12/h8-9H,4-7,12H2,1-3H3,(H,13,14). The molecule has 1 rings (SSSR count). The average Bonchev–Trinajstić information content (AvgIpc) is 2.28. The van der Waals surface area contributed by atoms with Crippen LogP contribution in [0.4, 0.5) is 4.79 Å². The van der Waals surface area contributed by atoms with Crippen molar-refractivity contribution in [1.82, 2.24) is 5.32 Å². The summed E-state index contributed by atoms with van der Waals surface area (Å²) < 4.78 is 28.1. The third kappa shape index (κ3) is 5.22. The normalized spacial score (nSPS) is 28.2. The average molecular weight is 278 g/mol. The van der Waals surface area contributed by atoms with Gasteiger partial charge in [0.05, 0.1) is 11.5 Å². The smallest absolute Gasteiger partial charge is 0.407 e. The van der Waals surface area contributed by atoms with Crippen LogP contribution in [0, 0.1) is 0 Å². The lowest BCUT2D eigenvalue weighted by Gasteiger charge is -2.25. The molecule has 1 fully saturated rings. The van der Waals surface area contributed by atoms with Gasteiger partial charge in [0, 0.05) is 12.1 Å². The minimum atomic E-state index is -3.03. The van der Waals surface area contributed by atoms with Crippen molar-refractivity contribution in [3.63, 3.8) is 0 Å². The third-order valence-corrected chi connectivity index (χ3v) is 4.44. The van der Waals surface area contributed by atoms with E-state index >= 15 is 0 Å². The van der Waals surface area contributed by atoms with E-state index in [4.69, 9.17) is 10.5 Å². The van der Waals surface area contributed by atoms with Crippen molar-refractivity contribution in [3.05, 3.63) is 0 Å². The Morgan fingerprint density at radius 2 is 1.83 bits per heavy atom. The predicted molar refractivity (Wildman–Crippen MR) is 69.0 cm³/mol. The minimum Gasteiger partial charge on any atom is -0.444 e. The first kappa shape index (κ1) is 15.2. The number of hydrogen-bond acceptors (Lipinski definition) is 5. The lowest BCUT2D eigenvalue weighted by atomic mass is 10.0. The van der Waals surface area contributed by atoms with Gasteiger partial charge in [-0.3, -0.25) is 0 Å². The highest BCUT2D eigenvalue weighted by Crippen LogP contribution is 2.13. The molecule has 18 heavy (non-hydrogen) atoms. The summed E-state index contributed by atoms with van der Waals surface area (Å²) in [4.78, 5) is 11.6. The number of amides is 1.